The zero-order chi connectivity index (χ0) is 12.8. The van der Waals surface area contributed by atoms with Gasteiger partial charge < -0.3 is 10.0 Å². The van der Waals surface area contributed by atoms with Crippen molar-refractivity contribution in [2.75, 3.05) is 11.4 Å². The summed E-state index contributed by atoms with van der Waals surface area (Å²) >= 11 is 1.67. The van der Waals surface area contributed by atoms with Crippen LogP contribution in [0.3, 0.4) is 0 Å². The molecule has 1 aromatic carbocycles. The molecular formula is C15H16N2OS. The normalized spacial score (nSPS) is 21.3. The van der Waals surface area contributed by atoms with Gasteiger partial charge in [0.2, 0.25) is 0 Å². The summed E-state index contributed by atoms with van der Waals surface area (Å²) in [5, 5.41) is 11.1. The van der Waals surface area contributed by atoms with Gasteiger partial charge in [-0.3, -0.25) is 0 Å². The Balaban J connectivity index is 1.75. The number of hydrogen-bond acceptors (Lipinski definition) is 4. The van der Waals surface area contributed by atoms with Crippen LogP contribution >= 0.6 is 11.3 Å². The Hall–Kier alpha value is -1.39. The molecule has 2 aromatic rings. The number of nitrogens with zero attached hydrogens (tertiary/aromatic N) is 2. The predicted octanol–water partition coefficient (Wildman–Crippen LogP) is 3.21. The number of aliphatic hydroxyl groups excluding tert-OH is 1. The van der Waals surface area contributed by atoms with Crippen molar-refractivity contribution in [1.82, 2.24) is 4.98 Å². The second kappa shape index (κ2) is 4.32. The van der Waals surface area contributed by atoms with Crippen LogP contribution in [-0.2, 0) is 12.8 Å². The number of rotatable bonds is 1. The van der Waals surface area contributed by atoms with Gasteiger partial charge in [0.15, 0.2) is 5.13 Å². The zero-order valence-electron chi connectivity index (χ0n) is 10.7. The summed E-state index contributed by atoms with van der Waals surface area (Å²) in [6.45, 7) is 1.00. The van der Waals surface area contributed by atoms with E-state index < -0.39 is 0 Å². The van der Waals surface area contributed by atoms with Crippen LogP contribution in [-0.4, -0.2) is 16.6 Å². The largest absolute Gasteiger partial charge is 0.388 e. The van der Waals surface area contributed by atoms with Crippen LogP contribution in [0, 0.1) is 0 Å². The Morgan fingerprint density at radius 2 is 2.16 bits per heavy atom. The van der Waals surface area contributed by atoms with E-state index in [-0.39, 0.29) is 6.10 Å². The van der Waals surface area contributed by atoms with E-state index in [1.807, 2.05) is 0 Å². The van der Waals surface area contributed by atoms with Gasteiger partial charge >= 0.3 is 0 Å². The molecule has 0 fully saturated rings. The summed E-state index contributed by atoms with van der Waals surface area (Å²) in [4.78, 5) is 8.15. The van der Waals surface area contributed by atoms with Gasteiger partial charge in [-0.2, -0.15) is 0 Å². The first-order valence-electron chi connectivity index (χ1n) is 6.86. The lowest BCUT2D eigenvalue weighted by Gasteiger charge is -2.15. The third-order valence-electron chi connectivity index (χ3n) is 4.03. The van der Waals surface area contributed by atoms with Gasteiger partial charge in [-0.05, 0) is 37.3 Å². The first kappa shape index (κ1) is 11.4. The molecule has 1 aliphatic carbocycles. The van der Waals surface area contributed by atoms with Gasteiger partial charge in [0.1, 0.15) is 0 Å². The summed E-state index contributed by atoms with van der Waals surface area (Å²) in [5.74, 6) is 0. The lowest BCUT2D eigenvalue weighted by molar-refractivity contribution is 0.160. The summed E-state index contributed by atoms with van der Waals surface area (Å²) in [6.07, 6.45) is 3.73. The van der Waals surface area contributed by atoms with Gasteiger partial charge in [0.25, 0.3) is 0 Å². The molecule has 0 saturated carbocycles. The molecule has 1 unspecified atom stereocenters. The smallest absolute Gasteiger partial charge is 0.190 e. The molecule has 1 aliphatic heterocycles. The minimum Gasteiger partial charge on any atom is -0.388 e. The van der Waals surface area contributed by atoms with Gasteiger partial charge in [-0.15, -0.1) is 0 Å². The number of aliphatic hydroxyl groups is 1. The van der Waals surface area contributed by atoms with Crippen molar-refractivity contribution in [3.63, 3.8) is 0 Å². The SMILES string of the molecule is OC1CCCc2nc(N3CCc4ccccc43)sc21. The summed E-state index contributed by atoms with van der Waals surface area (Å²) in [5.41, 5.74) is 3.79. The molecule has 1 N–H and O–H groups in total. The number of anilines is 2. The van der Waals surface area contributed by atoms with E-state index >= 15 is 0 Å². The standard InChI is InChI=1S/C15H16N2OS/c18-13-7-3-5-11-14(13)19-15(16-11)17-9-8-10-4-1-2-6-12(10)17/h1-2,4,6,13,18H,3,5,7-9H2. The van der Waals surface area contributed by atoms with E-state index in [0.29, 0.717) is 0 Å². The number of aryl methyl sites for hydroxylation is 1. The highest BCUT2D eigenvalue weighted by Crippen LogP contribution is 2.41. The Bertz CT molecular complexity index is 622. The van der Waals surface area contributed by atoms with E-state index in [9.17, 15) is 5.11 Å². The summed E-state index contributed by atoms with van der Waals surface area (Å²) in [7, 11) is 0. The molecule has 19 heavy (non-hydrogen) atoms. The van der Waals surface area contributed by atoms with Crippen molar-refractivity contribution in [3.05, 3.63) is 40.4 Å². The molecule has 3 nitrogen and oxygen atoms in total. The first-order valence-corrected chi connectivity index (χ1v) is 7.67. The zero-order valence-corrected chi connectivity index (χ0v) is 11.5. The fourth-order valence-corrected chi connectivity index (χ4v) is 4.21. The van der Waals surface area contributed by atoms with Crippen LogP contribution in [0.4, 0.5) is 10.8 Å². The maximum Gasteiger partial charge on any atom is 0.190 e. The van der Waals surface area contributed by atoms with Crippen molar-refractivity contribution in [1.29, 1.82) is 0 Å². The lowest BCUT2D eigenvalue weighted by atomic mass is 10.0. The van der Waals surface area contributed by atoms with Crippen molar-refractivity contribution >= 4 is 22.2 Å². The number of aromatic nitrogens is 1. The quantitative estimate of drug-likeness (QED) is 0.866. The van der Waals surface area contributed by atoms with Crippen LogP contribution in [0.15, 0.2) is 24.3 Å². The van der Waals surface area contributed by atoms with E-state index in [4.69, 9.17) is 4.98 Å². The Kier molecular flexibility index (Phi) is 2.60. The van der Waals surface area contributed by atoms with Crippen LogP contribution in [0.5, 0.6) is 0 Å². The average Bonchev–Trinajstić information content (AvgIpc) is 3.02. The first-order chi connectivity index (χ1) is 9.33. The third-order valence-corrected chi connectivity index (χ3v) is 5.25. The number of benzene rings is 1. The lowest BCUT2D eigenvalue weighted by Crippen LogP contribution is -2.12. The molecule has 1 aromatic heterocycles. The fourth-order valence-electron chi connectivity index (χ4n) is 3.04. The number of para-hydroxylation sites is 1. The molecule has 2 aliphatic rings. The molecule has 4 rings (SSSR count). The van der Waals surface area contributed by atoms with Crippen molar-refractivity contribution in [2.24, 2.45) is 0 Å². The van der Waals surface area contributed by atoms with E-state index in [0.717, 1.165) is 47.9 Å². The molecular weight excluding hydrogens is 256 g/mol. The van der Waals surface area contributed by atoms with Crippen molar-refractivity contribution in [3.8, 4) is 0 Å². The van der Waals surface area contributed by atoms with Crippen LogP contribution in [0.2, 0.25) is 0 Å². The highest BCUT2D eigenvalue weighted by molar-refractivity contribution is 7.15. The monoisotopic (exact) mass is 272 g/mol. The molecule has 0 amide bonds. The van der Waals surface area contributed by atoms with Crippen molar-refractivity contribution in [2.45, 2.75) is 31.8 Å². The number of fused-ring (bicyclic) bond motifs is 2. The van der Waals surface area contributed by atoms with E-state index in [1.165, 1.54) is 11.3 Å². The van der Waals surface area contributed by atoms with Crippen LogP contribution < -0.4 is 4.90 Å². The Labute approximate surface area is 116 Å². The molecule has 1 atom stereocenters. The second-order valence-corrected chi connectivity index (χ2v) is 6.25. The number of hydrogen-bond donors (Lipinski definition) is 1. The molecule has 0 spiro atoms. The minimum absolute atomic E-state index is 0.298. The maximum atomic E-state index is 10.1. The molecule has 0 saturated heterocycles. The predicted molar refractivity (Wildman–Crippen MR) is 77.2 cm³/mol. The van der Waals surface area contributed by atoms with Gasteiger partial charge in [0.05, 0.1) is 16.7 Å². The van der Waals surface area contributed by atoms with Crippen molar-refractivity contribution < 1.29 is 5.11 Å². The van der Waals surface area contributed by atoms with E-state index in [2.05, 4.69) is 29.2 Å². The van der Waals surface area contributed by atoms with Gasteiger partial charge in [-0.1, -0.05) is 29.5 Å². The second-order valence-electron chi connectivity index (χ2n) is 5.25. The fraction of sp³-hybridized carbons (Fsp3) is 0.400. The third kappa shape index (κ3) is 1.78. The van der Waals surface area contributed by atoms with E-state index in [1.54, 1.807) is 11.3 Å². The maximum absolute atomic E-state index is 10.1. The Morgan fingerprint density at radius 1 is 1.26 bits per heavy atom. The van der Waals surface area contributed by atoms with Gasteiger partial charge in [-0.25, -0.2) is 4.98 Å². The molecule has 98 valence electrons. The topological polar surface area (TPSA) is 36.4 Å². The summed E-state index contributed by atoms with van der Waals surface area (Å²) in [6, 6.07) is 8.54. The average molecular weight is 272 g/mol. The molecule has 4 heteroatoms. The van der Waals surface area contributed by atoms with Crippen LogP contribution in [0.1, 0.15) is 35.1 Å². The van der Waals surface area contributed by atoms with Crippen LogP contribution in [0.25, 0.3) is 0 Å². The molecule has 0 radical (unpaired) electrons. The number of thiazole rings is 1. The molecule has 2 heterocycles. The highest BCUT2D eigenvalue weighted by atomic mass is 32.1. The molecule has 0 bridgehead atoms. The highest BCUT2D eigenvalue weighted by Gasteiger charge is 2.27. The summed E-state index contributed by atoms with van der Waals surface area (Å²) < 4.78 is 0. The minimum atomic E-state index is -0.298. The van der Waals surface area contributed by atoms with Gasteiger partial charge in [0, 0.05) is 12.2 Å². The Morgan fingerprint density at radius 3 is 3.05 bits per heavy atom.